The van der Waals surface area contributed by atoms with Gasteiger partial charge < -0.3 is 10.6 Å². The molecule has 0 bridgehead atoms. The van der Waals surface area contributed by atoms with Gasteiger partial charge in [0.15, 0.2) is 0 Å². The smallest absolute Gasteiger partial charge is 0.253 e. The number of carbonyl (C=O) groups is 2. The third-order valence-corrected chi connectivity index (χ3v) is 4.41. The van der Waals surface area contributed by atoms with E-state index < -0.39 is 15.9 Å². The van der Waals surface area contributed by atoms with Crippen LogP contribution in [0.5, 0.6) is 0 Å². The van der Waals surface area contributed by atoms with Gasteiger partial charge in [0.2, 0.25) is 15.9 Å². The summed E-state index contributed by atoms with van der Waals surface area (Å²) in [6.07, 6.45) is 1.00. The summed E-state index contributed by atoms with van der Waals surface area (Å²) >= 11 is 0. The zero-order chi connectivity index (χ0) is 20.2. The Balaban J connectivity index is 2.05. The first-order valence-corrected chi connectivity index (χ1v) is 10.2. The van der Waals surface area contributed by atoms with Gasteiger partial charge >= 0.3 is 0 Å². The van der Waals surface area contributed by atoms with Crippen LogP contribution in [-0.4, -0.2) is 33.0 Å². The molecule has 2 aromatic rings. The highest BCUT2D eigenvalue weighted by Gasteiger charge is 2.15. The molecule has 0 saturated heterocycles. The standard InChI is InChI=1S/C19H23N3O4S/c1-12-9-13(2)18(14(3)10-12)21-17(23)11-20-19(24)15-7-5-6-8-16(15)22-27(4,25)26/h5-10,22H,11H2,1-4H3,(H,20,24)(H,21,23). The van der Waals surface area contributed by atoms with E-state index in [4.69, 9.17) is 0 Å². The second-order valence-electron chi connectivity index (χ2n) is 6.42. The maximum absolute atomic E-state index is 12.4. The number of para-hydroxylation sites is 1. The molecule has 0 saturated carbocycles. The van der Waals surface area contributed by atoms with E-state index in [9.17, 15) is 18.0 Å². The van der Waals surface area contributed by atoms with Crippen molar-refractivity contribution in [2.75, 3.05) is 22.8 Å². The third-order valence-electron chi connectivity index (χ3n) is 3.82. The summed E-state index contributed by atoms with van der Waals surface area (Å²) < 4.78 is 25.1. The van der Waals surface area contributed by atoms with Crippen LogP contribution in [0.15, 0.2) is 36.4 Å². The van der Waals surface area contributed by atoms with E-state index >= 15 is 0 Å². The van der Waals surface area contributed by atoms with Crippen LogP contribution in [0, 0.1) is 20.8 Å². The Morgan fingerprint density at radius 2 is 1.59 bits per heavy atom. The summed E-state index contributed by atoms with van der Waals surface area (Å²) in [6.45, 7) is 5.55. The lowest BCUT2D eigenvalue weighted by Gasteiger charge is -2.14. The number of rotatable bonds is 6. The van der Waals surface area contributed by atoms with Crippen molar-refractivity contribution in [1.82, 2.24) is 5.32 Å². The summed E-state index contributed by atoms with van der Waals surface area (Å²) in [6, 6.07) is 10.1. The summed E-state index contributed by atoms with van der Waals surface area (Å²) in [5.74, 6) is -0.916. The summed E-state index contributed by atoms with van der Waals surface area (Å²) in [4.78, 5) is 24.6. The van der Waals surface area contributed by atoms with Crippen molar-refractivity contribution in [3.63, 3.8) is 0 Å². The van der Waals surface area contributed by atoms with Gasteiger partial charge in [-0.25, -0.2) is 8.42 Å². The number of benzene rings is 2. The quantitative estimate of drug-likeness (QED) is 0.705. The van der Waals surface area contributed by atoms with E-state index in [0.717, 1.165) is 28.6 Å². The highest BCUT2D eigenvalue weighted by molar-refractivity contribution is 7.92. The average Bonchev–Trinajstić information content (AvgIpc) is 2.55. The van der Waals surface area contributed by atoms with E-state index in [2.05, 4.69) is 15.4 Å². The Hall–Kier alpha value is -2.87. The first kappa shape index (κ1) is 20.4. The molecule has 3 N–H and O–H groups in total. The first-order chi connectivity index (χ1) is 12.6. The molecule has 0 heterocycles. The molecule has 0 atom stereocenters. The van der Waals surface area contributed by atoms with Gasteiger partial charge in [-0.15, -0.1) is 0 Å². The van der Waals surface area contributed by atoms with Gasteiger partial charge in [0.1, 0.15) is 0 Å². The minimum absolute atomic E-state index is 0.137. The van der Waals surface area contributed by atoms with E-state index in [1.54, 1.807) is 12.1 Å². The fraction of sp³-hybridized carbons (Fsp3) is 0.263. The number of aryl methyl sites for hydroxylation is 3. The Morgan fingerprint density at radius 1 is 1.00 bits per heavy atom. The minimum atomic E-state index is -3.53. The maximum Gasteiger partial charge on any atom is 0.253 e. The lowest BCUT2D eigenvalue weighted by molar-refractivity contribution is -0.115. The van der Waals surface area contributed by atoms with Crippen LogP contribution in [0.25, 0.3) is 0 Å². The van der Waals surface area contributed by atoms with Crippen molar-refractivity contribution in [1.29, 1.82) is 0 Å². The van der Waals surface area contributed by atoms with Gasteiger partial charge in [0.05, 0.1) is 24.1 Å². The number of hydrogen-bond donors (Lipinski definition) is 3. The number of sulfonamides is 1. The fourth-order valence-corrected chi connectivity index (χ4v) is 3.36. The van der Waals surface area contributed by atoms with Gasteiger partial charge in [0.25, 0.3) is 5.91 Å². The molecule has 27 heavy (non-hydrogen) atoms. The Bertz CT molecular complexity index is 961. The third kappa shape index (κ3) is 5.82. The molecule has 2 rings (SSSR count). The summed E-state index contributed by atoms with van der Waals surface area (Å²) in [7, 11) is -3.53. The lowest BCUT2D eigenvalue weighted by Crippen LogP contribution is -2.33. The second-order valence-corrected chi connectivity index (χ2v) is 8.17. The monoisotopic (exact) mass is 389 g/mol. The molecule has 7 nitrogen and oxygen atoms in total. The molecule has 0 aromatic heterocycles. The molecule has 0 aliphatic heterocycles. The Labute approximate surface area is 159 Å². The molecule has 2 aromatic carbocycles. The van der Waals surface area contributed by atoms with Crippen molar-refractivity contribution in [2.45, 2.75) is 20.8 Å². The highest BCUT2D eigenvalue weighted by atomic mass is 32.2. The first-order valence-electron chi connectivity index (χ1n) is 8.29. The molecule has 0 radical (unpaired) electrons. The summed E-state index contributed by atoms with van der Waals surface area (Å²) in [5.41, 5.74) is 4.00. The number of hydrogen-bond acceptors (Lipinski definition) is 4. The van der Waals surface area contributed by atoms with E-state index in [1.807, 2.05) is 32.9 Å². The van der Waals surface area contributed by atoms with Crippen LogP contribution in [0.4, 0.5) is 11.4 Å². The van der Waals surface area contributed by atoms with Crippen molar-refractivity contribution in [3.05, 3.63) is 58.7 Å². The molecular weight excluding hydrogens is 366 g/mol. The van der Waals surface area contributed by atoms with Gasteiger partial charge in [-0.05, 0) is 44.0 Å². The Kier molecular flexibility index (Phi) is 6.22. The molecule has 0 unspecified atom stereocenters. The maximum atomic E-state index is 12.4. The molecular formula is C19H23N3O4S. The van der Waals surface area contributed by atoms with Crippen LogP contribution in [0.2, 0.25) is 0 Å². The predicted octanol–water partition coefficient (Wildman–Crippen LogP) is 2.35. The molecule has 0 spiro atoms. The van der Waals surface area contributed by atoms with Crippen LogP contribution in [0.1, 0.15) is 27.0 Å². The molecule has 0 fully saturated rings. The van der Waals surface area contributed by atoms with E-state index in [0.29, 0.717) is 0 Å². The second kappa shape index (κ2) is 8.22. The van der Waals surface area contributed by atoms with Crippen molar-refractivity contribution in [3.8, 4) is 0 Å². The minimum Gasteiger partial charge on any atom is -0.343 e. The molecule has 0 aliphatic carbocycles. The summed E-state index contributed by atoms with van der Waals surface area (Å²) in [5, 5.41) is 5.31. The Morgan fingerprint density at radius 3 is 2.19 bits per heavy atom. The van der Waals surface area contributed by atoms with Crippen molar-refractivity contribution < 1.29 is 18.0 Å². The van der Waals surface area contributed by atoms with E-state index in [-0.39, 0.29) is 23.7 Å². The zero-order valence-electron chi connectivity index (χ0n) is 15.7. The number of amides is 2. The van der Waals surface area contributed by atoms with Crippen LogP contribution >= 0.6 is 0 Å². The molecule has 2 amide bonds. The van der Waals surface area contributed by atoms with Gasteiger partial charge in [-0.1, -0.05) is 29.8 Å². The molecule has 144 valence electrons. The topological polar surface area (TPSA) is 104 Å². The van der Waals surface area contributed by atoms with Crippen LogP contribution < -0.4 is 15.4 Å². The number of nitrogens with one attached hydrogen (secondary N) is 3. The number of anilines is 2. The average molecular weight is 389 g/mol. The molecule has 8 heteroatoms. The largest absolute Gasteiger partial charge is 0.343 e. The normalized spacial score (nSPS) is 11.0. The van der Waals surface area contributed by atoms with E-state index in [1.165, 1.54) is 12.1 Å². The van der Waals surface area contributed by atoms with Gasteiger partial charge in [-0.2, -0.15) is 0 Å². The molecule has 0 aliphatic rings. The van der Waals surface area contributed by atoms with Crippen LogP contribution in [0.3, 0.4) is 0 Å². The van der Waals surface area contributed by atoms with Crippen molar-refractivity contribution in [2.24, 2.45) is 0 Å². The zero-order valence-corrected chi connectivity index (χ0v) is 16.5. The van der Waals surface area contributed by atoms with Gasteiger partial charge in [0, 0.05) is 5.69 Å². The van der Waals surface area contributed by atoms with Crippen LogP contribution in [-0.2, 0) is 14.8 Å². The predicted molar refractivity (Wildman–Crippen MR) is 107 cm³/mol. The highest BCUT2D eigenvalue weighted by Crippen LogP contribution is 2.21. The SMILES string of the molecule is Cc1cc(C)c(NC(=O)CNC(=O)c2ccccc2NS(C)(=O)=O)c(C)c1. The van der Waals surface area contributed by atoms with Crippen molar-refractivity contribution >= 4 is 33.2 Å². The number of carbonyl (C=O) groups excluding carboxylic acids is 2. The fourth-order valence-electron chi connectivity index (χ4n) is 2.79. The van der Waals surface area contributed by atoms with Gasteiger partial charge in [-0.3, -0.25) is 14.3 Å². The lowest BCUT2D eigenvalue weighted by atomic mass is 10.1.